The Morgan fingerprint density at radius 3 is 2.89 bits per heavy atom. The van der Waals surface area contributed by atoms with E-state index in [4.69, 9.17) is 11.6 Å². The average Bonchev–Trinajstić information content (AvgIpc) is 3.11. The van der Waals surface area contributed by atoms with Crippen molar-refractivity contribution in [2.45, 2.75) is 32.4 Å². The van der Waals surface area contributed by atoms with Crippen LogP contribution in [0.1, 0.15) is 23.4 Å². The molecule has 1 aliphatic rings. The Balaban J connectivity index is 1.84. The topological polar surface area (TPSA) is 24.9 Å². The smallest absolute Gasteiger partial charge is 0.125 e. The van der Waals surface area contributed by atoms with E-state index in [2.05, 4.69) is 17.2 Å². The molecule has 0 amide bonds. The van der Waals surface area contributed by atoms with Crippen LogP contribution in [0.2, 0.25) is 5.02 Å². The van der Waals surface area contributed by atoms with E-state index in [0.717, 1.165) is 33.9 Å². The first kappa shape index (κ1) is 12.2. The van der Waals surface area contributed by atoms with Crippen molar-refractivity contribution in [3.05, 3.63) is 39.9 Å². The molecule has 1 fully saturated rings. The Morgan fingerprint density at radius 2 is 2.17 bits per heavy atom. The van der Waals surface area contributed by atoms with Gasteiger partial charge >= 0.3 is 0 Å². The first-order valence-electron chi connectivity index (χ1n) is 6.18. The van der Waals surface area contributed by atoms with Gasteiger partial charge < -0.3 is 5.32 Å². The molecule has 2 nitrogen and oxygen atoms in total. The van der Waals surface area contributed by atoms with Crippen LogP contribution >= 0.6 is 22.9 Å². The molecule has 3 rings (SSSR count). The molecule has 94 valence electrons. The molecule has 0 saturated heterocycles. The third-order valence-electron chi connectivity index (χ3n) is 3.13. The summed E-state index contributed by atoms with van der Waals surface area (Å²) in [5.41, 5.74) is 2.15. The second-order valence-corrected chi connectivity index (χ2v) is 6.15. The second-order valence-electron chi connectivity index (χ2n) is 4.66. The van der Waals surface area contributed by atoms with Gasteiger partial charge in [-0.2, -0.15) is 0 Å². The molecule has 1 aromatic heterocycles. The lowest BCUT2D eigenvalue weighted by Gasteiger charge is -1.99. The number of hydrogen-bond acceptors (Lipinski definition) is 3. The Morgan fingerprint density at radius 1 is 1.39 bits per heavy atom. The Labute approximate surface area is 116 Å². The van der Waals surface area contributed by atoms with Gasteiger partial charge in [-0.25, -0.2) is 4.98 Å². The summed E-state index contributed by atoms with van der Waals surface area (Å²) in [7, 11) is 0. The van der Waals surface area contributed by atoms with Crippen LogP contribution in [0.3, 0.4) is 0 Å². The minimum absolute atomic E-state index is 0.732. The summed E-state index contributed by atoms with van der Waals surface area (Å²) in [6.45, 7) is 3.00. The van der Waals surface area contributed by atoms with Crippen LogP contribution in [0, 0.1) is 6.92 Å². The van der Waals surface area contributed by atoms with Crippen molar-refractivity contribution < 1.29 is 0 Å². The predicted octanol–water partition coefficient (Wildman–Crippen LogP) is 4.02. The summed E-state index contributed by atoms with van der Waals surface area (Å²) in [6, 6.07) is 8.62. The van der Waals surface area contributed by atoms with E-state index >= 15 is 0 Å². The van der Waals surface area contributed by atoms with Crippen LogP contribution < -0.4 is 5.32 Å². The maximum atomic E-state index is 6.21. The van der Waals surface area contributed by atoms with Crippen LogP contribution in [0.5, 0.6) is 0 Å². The molecule has 1 heterocycles. The monoisotopic (exact) mass is 278 g/mol. The molecule has 1 N–H and O–H groups in total. The van der Waals surface area contributed by atoms with Gasteiger partial charge in [0.15, 0.2) is 0 Å². The van der Waals surface area contributed by atoms with Gasteiger partial charge in [-0.3, -0.25) is 0 Å². The quantitative estimate of drug-likeness (QED) is 0.914. The van der Waals surface area contributed by atoms with Gasteiger partial charge in [0, 0.05) is 23.0 Å². The van der Waals surface area contributed by atoms with Crippen molar-refractivity contribution in [2.24, 2.45) is 0 Å². The fourth-order valence-corrected chi connectivity index (χ4v) is 3.20. The van der Waals surface area contributed by atoms with Crippen molar-refractivity contribution in [2.75, 3.05) is 0 Å². The van der Waals surface area contributed by atoms with Crippen molar-refractivity contribution in [1.82, 2.24) is 10.3 Å². The molecule has 1 saturated carbocycles. The lowest BCUT2D eigenvalue weighted by atomic mass is 10.2. The molecule has 0 unspecified atom stereocenters. The van der Waals surface area contributed by atoms with Crippen LogP contribution in [0.15, 0.2) is 24.3 Å². The lowest BCUT2D eigenvalue weighted by Crippen LogP contribution is -2.14. The van der Waals surface area contributed by atoms with Gasteiger partial charge in [0.2, 0.25) is 0 Å². The minimum atomic E-state index is 0.732. The molecule has 0 spiro atoms. The summed E-state index contributed by atoms with van der Waals surface area (Å²) in [5, 5.41) is 5.32. The largest absolute Gasteiger partial charge is 0.309 e. The van der Waals surface area contributed by atoms with E-state index in [1.54, 1.807) is 11.3 Å². The molecule has 0 atom stereocenters. The number of nitrogens with zero attached hydrogens (tertiary/aromatic N) is 1. The van der Waals surface area contributed by atoms with Gasteiger partial charge in [-0.15, -0.1) is 11.3 Å². The third kappa shape index (κ3) is 2.58. The molecular weight excluding hydrogens is 264 g/mol. The first-order chi connectivity index (χ1) is 8.74. The molecule has 2 aromatic rings. The van der Waals surface area contributed by atoms with Gasteiger partial charge in [0.1, 0.15) is 5.01 Å². The van der Waals surface area contributed by atoms with E-state index in [1.807, 2.05) is 24.3 Å². The zero-order valence-corrected chi connectivity index (χ0v) is 11.8. The van der Waals surface area contributed by atoms with Gasteiger partial charge in [-0.05, 0) is 25.8 Å². The first-order valence-corrected chi connectivity index (χ1v) is 7.38. The molecular formula is C14H15ClN2S. The zero-order chi connectivity index (χ0) is 12.5. The number of rotatable bonds is 4. The fourth-order valence-electron chi connectivity index (χ4n) is 1.87. The van der Waals surface area contributed by atoms with Crippen LogP contribution in [-0.4, -0.2) is 11.0 Å². The number of halogens is 1. The number of aryl methyl sites for hydroxylation is 1. The third-order valence-corrected chi connectivity index (χ3v) is 4.65. The molecule has 1 aliphatic carbocycles. The maximum absolute atomic E-state index is 6.21. The summed E-state index contributed by atoms with van der Waals surface area (Å²) >= 11 is 7.95. The molecule has 0 aliphatic heterocycles. The molecule has 0 radical (unpaired) electrons. The average molecular weight is 279 g/mol. The Hall–Kier alpha value is -0.900. The van der Waals surface area contributed by atoms with Gasteiger partial charge in [0.05, 0.1) is 10.7 Å². The highest BCUT2D eigenvalue weighted by molar-refractivity contribution is 7.15. The van der Waals surface area contributed by atoms with Gasteiger partial charge in [0.25, 0.3) is 0 Å². The molecule has 0 bridgehead atoms. The van der Waals surface area contributed by atoms with E-state index in [0.29, 0.717) is 0 Å². The lowest BCUT2D eigenvalue weighted by molar-refractivity contribution is 0.691. The molecule has 1 aromatic carbocycles. The number of thiazole rings is 1. The highest BCUT2D eigenvalue weighted by Crippen LogP contribution is 2.33. The Kier molecular flexibility index (Phi) is 3.37. The van der Waals surface area contributed by atoms with Crippen molar-refractivity contribution >= 4 is 22.9 Å². The van der Waals surface area contributed by atoms with E-state index < -0.39 is 0 Å². The Bertz CT molecular complexity index is 561. The summed E-state index contributed by atoms with van der Waals surface area (Å²) in [4.78, 5) is 5.95. The highest BCUT2D eigenvalue weighted by Gasteiger charge is 2.21. The van der Waals surface area contributed by atoms with Crippen molar-refractivity contribution in [3.8, 4) is 10.6 Å². The van der Waals surface area contributed by atoms with E-state index in [9.17, 15) is 0 Å². The standard InChI is InChI=1S/C14H15ClN2S/c1-9-13(8-16-10-6-7-10)18-14(17-9)11-4-2-3-5-12(11)15/h2-5,10,16H,6-8H2,1H3. The minimum Gasteiger partial charge on any atom is -0.309 e. The summed E-state index contributed by atoms with van der Waals surface area (Å²) in [5.74, 6) is 0. The van der Waals surface area contributed by atoms with Crippen LogP contribution in [0.4, 0.5) is 0 Å². The summed E-state index contributed by atoms with van der Waals surface area (Å²) < 4.78 is 0. The fraction of sp³-hybridized carbons (Fsp3) is 0.357. The number of hydrogen-bond donors (Lipinski definition) is 1. The van der Waals surface area contributed by atoms with E-state index in [-0.39, 0.29) is 0 Å². The normalized spacial score (nSPS) is 15.0. The van der Waals surface area contributed by atoms with Gasteiger partial charge in [-0.1, -0.05) is 29.8 Å². The number of benzene rings is 1. The highest BCUT2D eigenvalue weighted by atomic mass is 35.5. The number of aromatic nitrogens is 1. The number of nitrogens with one attached hydrogen (secondary N) is 1. The van der Waals surface area contributed by atoms with Crippen molar-refractivity contribution in [1.29, 1.82) is 0 Å². The second kappa shape index (κ2) is 5.00. The van der Waals surface area contributed by atoms with E-state index in [1.165, 1.54) is 17.7 Å². The maximum Gasteiger partial charge on any atom is 0.125 e. The van der Waals surface area contributed by atoms with Crippen molar-refractivity contribution in [3.63, 3.8) is 0 Å². The zero-order valence-electron chi connectivity index (χ0n) is 10.2. The van der Waals surface area contributed by atoms with Crippen LogP contribution in [-0.2, 0) is 6.54 Å². The predicted molar refractivity (Wildman–Crippen MR) is 77.2 cm³/mol. The summed E-state index contributed by atoms with van der Waals surface area (Å²) in [6.07, 6.45) is 2.63. The molecule has 4 heteroatoms. The van der Waals surface area contributed by atoms with Crippen LogP contribution in [0.25, 0.3) is 10.6 Å². The SMILES string of the molecule is Cc1nc(-c2ccccc2Cl)sc1CNC1CC1. The molecule has 18 heavy (non-hydrogen) atoms.